The summed E-state index contributed by atoms with van der Waals surface area (Å²) in [5.74, 6) is 3.23. The van der Waals surface area contributed by atoms with Crippen molar-refractivity contribution in [3.63, 3.8) is 0 Å². The van der Waals surface area contributed by atoms with E-state index < -0.39 is 0 Å². The normalized spacial score (nSPS) is 10.5. The van der Waals surface area contributed by atoms with Crippen molar-refractivity contribution in [3.8, 4) is 0 Å². The van der Waals surface area contributed by atoms with Gasteiger partial charge < -0.3 is 10.6 Å². The Kier molecular flexibility index (Phi) is 3.88. The van der Waals surface area contributed by atoms with E-state index in [-0.39, 0.29) is 0 Å². The molecule has 0 unspecified atom stereocenters. The quantitative estimate of drug-likeness (QED) is 0.796. The summed E-state index contributed by atoms with van der Waals surface area (Å²) in [6.07, 6.45) is 0. The molecule has 0 aromatic carbocycles. The first-order chi connectivity index (χ1) is 7.04. The Morgan fingerprint density at radius 3 is 2.27 bits per heavy atom. The number of hydrogen-bond acceptors (Lipinski definition) is 4. The maximum atomic E-state index is 4.39. The fourth-order valence-electron chi connectivity index (χ4n) is 1.34. The third-order valence-electron chi connectivity index (χ3n) is 2.17. The van der Waals surface area contributed by atoms with Crippen LogP contribution in [0, 0.1) is 19.8 Å². The van der Waals surface area contributed by atoms with Gasteiger partial charge in [-0.25, -0.2) is 9.97 Å². The summed E-state index contributed by atoms with van der Waals surface area (Å²) in [4.78, 5) is 8.71. The Balaban J connectivity index is 2.91. The van der Waals surface area contributed by atoms with E-state index in [1.807, 2.05) is 20.9 Å². The third-order valence-corrected chi connectivity index (χ3v) is 2.17. The van der Waals surface area contributed by atoms with Crippen molar-refractivity contribution in [2.75, 3.05) is 24.2 Å². The van der Waals surface area contributed by atoms with Gasteiger partial charge in [0.15, 0.2) is 0 Å². The van der Waals surface area contributed by atoms with Gasteiger partial charge in [0.05, 0.1) is 0 Å². The van der Waals surface area contributed by atoms with Crippen LogP contribution < -0.4 is 10.6 Å². The maximum absolute atomic E-state index is 4.39. The van der Waals surface area contributed by atoms with Crippen molar-refractivity contribution < 1.29 is 0 Å². The first-order valence-electron chi connectivity index (χ1n) is 5.31. The summed E-state index contributed by atoms with van der Waals surface area (Å²) in [7, 11) is 1.88. The van der Waals surface area contributed by atoms with Gasteiger partial charge in [0.25, 0.3) is 0 Å². The van der Waals surface area contributed by atoms with Crippen LogP contribution in [0.5, 0.6) is 0 Å². The first kappa shape index (κ1) is 11.8. The van der Waals surface area contributed by atoms with Crippen LogP contribution >= 0.6 is 0 Å². The number of hydrogen-bond donors (Lipinski definition) is 2. The molecule has 0 spiro atoms. The molecule has 0 aliphatic heterocycles. The monoisotopic (exact) mass is 208 g/mol. The molecule has 1 aromatic heterocycles. The van der Waals surface area contributed by atoms with Gasteiger partial charge in [0.2, 0.25) is 0 Å². The highest BCUT2D eigenvalue weighted by Crippen LogP contribution is 2.19. The Hall–Kier alpha value is -1.32. The molecular formula is C11H20N4. The first-order valence-corrected chi connectivity index (χ1v) is 5.31. The predicted octanol–water partition coefficient (Wildman–Crippen LogP) is 2.20. The Bertz CT molecular complexity index is 334. The molecule has 0 bridgehead atoms. The zero-order valence-electron chi connectivity index (χ0n) is 10.2. The summed E-state index contributed by atoms with van der Waals surface area (Å²) in [5.41, 5.74) is 1.07. The van der Waals surface area contributed by atoms with Gasteiger partial charge in [-0.3, -0.25) is 0 Å². The van der Waals surface area contributed by atoms with Crippen molar-refractivity contribution in [2.45, 2.75) is 27.7 Å². The van der Waals surface area contributed by atoms with Gasteiger partial charge in [0, 0.05) is 19.2 Å². The molecule has 0 aliphatic carbocycles. The van der Waals surface area contributed by atoms with E-state index in [0.717, 1.165) is 29.6 Å². The number of nitrogens with zero attached hydrogens (tertiary/aromatic N) is 2. The fourth-order valence-corrected chi connectivity index (χ4v) is 1.34. The molecule has 0 radical (unpaired) electrons. The number of aryl methyl sites for hydroxylation is 1. The molecule has 4 heteroatoms. The van der Waals surface area contributed by atoms with Crippen LogP contribution in [0.15, 0.2) is 0 Å². The van der Waals surface area contributed by atoms with Gasteiger partial charge in [0.1, 0.15) is 17.5 Å². The second kappa shape index (κ2) is 4.96. The van der Waals surface area contributed by atoms with Crippen LogP contribution in [0.1, 0.15) is 25.2 Å². The summed E-state index contributed by atoms with van der Waals surface area (Å²) in [6, 6.07) is 0. The SMILES string of the molecule is CNc1nc(C)nc(NCC(C)C)c1C. The van der Waals surface area contributed by atoms with E-state index in [2.05, 4.69) is 34.4 Å². The van der Waals surface area contributed by atoms with Crippen LogP contribution in [0.25, 0.3) is 0 Å². The Morgan fingerprint density at radius 1 is 1.13 bits per heavy atom. The van der Waals surface area contributed by atoms with Crippen LogP contribution in [-0.4, -0.2) is 23.6 Å². The Morgan fingerprint density at radius 2 is 1.73 bits per heavy atom. The second-order valence-corrected chi connectivity index (χ2v) is 4.12. The predicted molar refractivity (Wildman–Crippen MR) is 64.4 cm³/mol. The number of nitrogens with one attached hydrogen (secondary N) is 2. The molecule has 1 aromatic rings. The van der Waals surface area contributed by atoms with Crippen molar-refractivity contribution in [2.24, 2.45) is 5.92 Å². The summed E-state index contributed by atoms with van der Waals surface area (Å²) >= 11 is 0. The molecule has 0 saturated carbocycles. The zero-order valence-corrected chi connectivity index (χ0v) is 10.2. The van der Waals surface area contributed by atoms with E-state index in [4.69, 9.17) is 0 Å². The number of anilines is 2. The summed E-state index contributed by atoms with van der Waals surface area (Å²) < 4.78 is 0. The van der Waals surface area contributed by atoms with Gasteiger partial charge in [-0.05, 0) is 19.8 Å². The minimum absolute atomic E-state index is 0.609. The smallest absolute Gasteiger partial charge is 0.134 e. The van der Waals surface area contributed by atoms with Gasteiger partial charge >= 0.3 is 0 Å². The third kappa shape index (κ3) is 3.08. The number of aromatic nitrogens is 2. The van der Waals surface area contributed by atoms with Crippen molar-refractivity contribution in [1.29, 1.82) is 0 Å². The molecule has 1 rings (SSSR count). The van der Waals surface area contributed by atoms with Crippen molar-refractivity contribution in [1.82, 2.24) is 9.97 Å². The van der Waals surface area contributed by atoms with Crippen LogP contribution in [0.2, 0.25) is 0 Å². The number of rotatable bonds is 4. The topological polar surface area (TPSA) is 49.8 Å². The standard InChI is InChI=1S/C11H20N4/c1-7(2)6-13-11-8(3)10(12-5)14-9(4)15-11/h7H,6H2,1-5H3,(H2,12,13,14,15). The molecular weight excluding hydrogens is 188 g/mol. The minimum atomic E-state index is 0.609. The molecule has 0 atom stereocenters. The van der Waals surface area contributed by atoms with E-state index in [9.17, 15) is 0 Å². The molecule has 4 nitrogen and oxygen atoms in total. The lowest BCUT2D eigenvalue weighted by Crippen LogP contribution is -2.12. The van der Waals surface area contributed by atoms with E-state index in [1.54, 1.807) is 0 Å². The lowest BCUT2D eigenvalue weighted by molar-refractivity contribution is 0.686. The molecule has 0 saturated heterocycles. The van der Waals surface area contributed by atoms with Crippen LogP contribution in [0.3, 0.4) is 0 Å². The van der Waals surface area contributed by atoms with Crippen LogP contribution in [-0.2, 0) is 0 Å². The summed E-state index contributed by atoms with van der Waals surface area (Å²) in [5, 5.41) is 6.41. The largest absolute Gasteiger partial charge is 0.373 e. The van der Waals surface area contributed by atoms with Gasteiger partial charge in [-0.1, -0.05) is 13.8 Å². The van der Waals surface area contributed by atoms with E-state index in [1.165, 1.54) is 0 Å². The second-order valence-electron chi connectivity index (χ2n) is 4.12. The molecule has 1 heterocycles. The average molecular weight is 208 g/mol. The molecule has 2 N–H and O–H groups in total. The van der Waals surface area contributed by atoms with Crippen LogP contribution in [0.4, 0.5) is 11.6 Å². The maximum Gasteiger partial charge on any atom is 0.134 e. The van der Waals surface area contributed by atoms with Crippen molar-refractivity contribution in [3.05, 3.63) is 11.4 Å². The molecule has 0 fully saturated rings. The molecule has 84 valence electrons. The van der Waals surface area contributed by atoms with Gasteiger partial charge in [-0.2, -0.15) is 0 Å². The lowest BCUT2D eigenvalue weighted by Gasteiger charge is -2.13. The molecule has 15 heavy (non-hydrogen) atoms. The highest BCUT2D eigenvalue weighted by molar-refractivity contribution is 5.56. The molecule has 0 amide bonds. The highest BCUT2D eigenvalue weighted by Gasteiger charge is 2.07. The van der Waals surface area contributed by atoms with Gasteiger partial charge in [-0.15, -0.1) is 0 Å². The minimum Gasteiger partial charge on any atom is -0.373 e. The molecule has 0 aliphatic rings. The average Bonchev–Trinajstić information content (AvgIpc) is 2.18. The zero-order chi connectivity index (χ0) is 11.4. The highest BCUT2D eigenvalue weighted by atomic mass is 15.1. The Labute approximate surface area is 91.5 Å². The van der Waals surface area contributed by atoms with E-state index >= 15 is 0 Å². The lowest BCUT2D eigenvalue weighted by atomic mass is 10.2. The summed E-state index contributed by atoms with van der Waals surface area (Å²) in [6.45, 7) is 9.21. The fraction of sp³-hybridized carbons (Fsp3) is 0.636. The van der Waals surface area contributed by atoms with E-state index in [0.29, 0.717) is 5.92 Å². The van der Waals surface area contributed by atoms with Crippen molar-refractivity contribution >= 4 is 11.6 Å².